The predicted octanol–water partition coefficient (Wildman–Crippen LogP) is -1.32. The van der Waals surface area contributed by atoms with Crippen molar-refractivity contribution in [3.05, 3.63) is 0 Å². The van der Waals surface area contributed by atoms with Gasteiger partial charge in [-0.1, -0.05) is 0 Å². The average Bonchev–Trinajstić information content (AvgIpc) is 2.16. The first-order valence-corrected chi connectivity index (χ1v) is 5.18. The van der Waals surface area contributed by atoms with Gasteiger partial charge in [0.1, 0.15) is 0 Å². The molecule has 6 nitrogen and oxygen atoms in total. The van der Waals surface area contributed by atoms with Crippen molar-refractivity contribution in [2.24, 2.45) is 0 Å². The third kappa shape index (κ3) is 2.66. The van der Waals surface area contributed by atoms with Gasteiger partial charge in [-0.25, -0.2) is 0 Å². The van der Waals surface area contributed by atoms with Gasteiger partial charge in [0.25, 0.3) is 0 Å². The largest absolute Gasteiger partial charge is 0.351 e. The molecule has 4 rings (SSSR count). The smallest absolute Gasteiger partial charge is 0.209 e. The standard InChI is InChI=1S/C6H12N4.C3H7NO/c1-7-2-9-4-8(1)5-10(3-7)6-9;1-4(2)3-5/h1-6H2;3H,1-2H3. The second-order valence-corrected chi connectivity index (χ2v) is 4.60. The van der Waals surface area contributed by atoms with Crippen molar-refractivity contribution in [1.82, 2.24) is 24.5 Å². The van der Waals surface area contributed by atoms with Gasteiger partial charge in [-0.2, -0.15) is 0 Å². The van der Waals surface area contributed by atoms with E-state index in [9.17, 15) is 4.79 Å². The van der Waals surface area contributed by atoms with Crippen molar-refractivity contribution in [2.75, 3.05) is 54.1 Å². The van der Waals surface area contributed by atoms with Crippen molar-refractivity contribution in [1.29, 1.82) is 0 Å². The highest BCUT2D eigenvalue weighted by Crippen LogP contribution is 2.20. The molecule has 4 aliphatic rings. The van der Waals surface area contributed by atoms with E-state index in [2.05, 4.69) is 19.6 Å². The number of hydrogen-bond acceptors (Lipinski definition) is 5. The lowest BCUT2D eigenvalue weighted by Crippen LogP contribution is -2.71. The molecule has 0 N–H and O–H groups in total. The Labute approximate surface area is 90.6 Å². The summed E-state index contributed by atoms with van der Waals surface area (Å²) in [6.07, 6.45) is 0.750. The minimum absolute atomic E-state index is 0.750. The molecular formula is C9H19N5O. The zero-order chi connectivity index (χ0) is 10.8. The fourth-order valence-corrected chi connectivity index (χ4v) is 2.23. The quantitative estimate of drug-likeness (QED) is 0.505. The molecule has 0 saturated carbocycles. The van der Waals surface area contributed by atoms with Gasteiger partial charge < -0.3 is 4.90 Å². The van der Waals surface area contributed by atoms with E-state index in [1.807, 2.05) is 0 Å². The summed E-state index contributed by atoms with van der Waals surface area (Å²) in [6, 6.07) is 0. The van der Waals surface area contributed by atoms with Crippen molar-refractivity contribution in [3.8, 4) is 0 Å². The summed E-state index contributed by atoms with van der Waals surface area (Å²) in [5.41, 5.74) is 0. The molecule has 0 aromatic heterocycles. The Morgan fingerprint density at radius 1 is 0.800 bits per heavy atom. The lowest BCUT2D eigenvalue weighted by Gasteiger charge is -2.56. The van der Waals surface area contributed by atoms with Gasteiger partial charge in [0.2, 0.25) is 6.41 Å². The second-order valence-electron chi connectivity index (χ2n) is 4.60. The van der Waals surface area contributed by atoms with Crippen molar-refractivity contribution >= 4 is 6.41 Å². The molecular weight excluding hydrogens is 194 g/mol. The molecule has 4 aliphatic heterocycles. The molecule has 0 aromatic rings. The Bertz CT molecular complexity index is 176. The third-order valence-corrected chi connectivity index (χ3v) is 2.61. The maximum Gasteiger partial charge on any atom is 0.209 e. The molecule has 6 heteroatoms. The maximum atomic E-state index is 9.43. The van der Waals surface area contributed by atoms with Crippen LogP contribution in [-0.2, 0) is 4.79 Å². The van der Waals surface area contributed by atoms with Crippen molar-refractivity contribution < 1.29 is 4.79 Å². The Morgan fingerprint density at radius 3 is 1.13 bits per heavy atom. The second kappa shape index (κ2) is 4.44. The van der Waals surface area contributed by atoms with Crippen molar-refractivity contribution in [3.63, 3.8) is 0 Å². The van der Waals surface area contributed by atoms with Crippen LogP contribution in [0.25, 0.3) is 0 Å². The molecule has 86 valence electrons. The molecule has 4 saturated heterocycles. The molecule has 0 aromatic carbocycles. The van der Waals surface area contributed by atoms with Gasteiger partial charge in [0, 0.05) is 14.1 Å². The first-order chi connectivity index (χ1) is 7.17. The normalized spacial score (nSPS) is 40.7. The summed E-state index contributed by atoms with van der Waals surface area (Å²) >= 11 is 0. The Hall–Kier alpha value is -0.690. The van der Waals surface area contributed by atoms with Crippen LogP contribution in [-0.4, -0.2) is 85.0 Å². The lowest BCUT2D eigenvalue weighted by molar-refractivity contribution is -0.194. The van der Waals surface area contributed by atoms with Crippen LogP contribution in [0.1, 0.15) is 0 Å². The van der Waals surface area contributed by atoms with E-state index in [4.69, 9.17) is 0 Å². The SMILES string of the molecule is C1N2CN3CN1CN(C2)C3.CN(C)C=O. The number of carbonyl (C=O) groups is 1. The fraction of sp³-hybridized carbons (Fsp3) is 0.889. The zero-order valence-electron chi connectivity index (χ0n) is 9.46. The molecule has 0 atom stereocenters. The first kappa shape index (κ1) is 10.8. The van der Waals surface area contributed by atoms with Crippen LogP contribution in [0.15, 0.2) is 0 Å². The van der Waals surface area contributed by atoms with Gasteiger partial charge in [0.15, 0.2) is 0 Å². The van der Waals surface area contributed by atoms with Crippen LogP contribution in [0.5, 0.6) is 0 Å². The molecule has 0 unspecified atom stereocenters. The Balaban J connectivity index is 0.000000149. The Kier molecular flexibility index (Phi) is 3.20. The van der Waals surface area contributed by atoms with E-state index >= 15 is 0 Å². The Morgan fingerprint density at radius 2 is 1.00 bits per heavy atom. The highest BCUT2D eigenvalue weighted by Gasteiger charge is 2.36. The fourth-order valence-electron chi connectivity index (χ4n) is 2.23. The highest BCUT2D eigenvalue weighted by molar-refractivity contribution is 5.45. The number of nitrogens with zero attached hydrogens (tertiary/aromatic N) is 5. The number of carbonyl (C=O) groups excluding carboxylic acids is 1. The minimum Gasteiger partial charge on any atom is -0.351 e. The van der Waals surface area contributed by atoms with Gasteiger partial charge in [-0.3, -0.25) is 24.4 Å². The summed E-state index contributed by atoms with van der Waals surface area (Å²) in [6.45, 7) is 7.12. The van der Waals surface area contributed by atoms with Crippen LogP contribution in [0, 0.1) is 0 Å². The van der Waals surface area contributed by atoms with Crippen LogP contribution >= 0.6 is 0 Å². The predicted molar refractivity (Wildman–Crippen MR) is 56.3 cm³/mol. The number of hydrogen-bond donors (Lipinski definition) is 0. The van der Waals surface area contributed by atoms with Gasteiger partial charge >= 0.3 is 0 Å². The third-order valence-electron chi connectivity index (χ3n) is 2.61. The van der Waals surface area contributed by atoms with E-state index in [-0.39, 0.29) is 0 Å². The highest BCUT2D eigenvalue weighted by atomic mass is 16.1. The first-order valence-electron chi connectivity index (χ1n) is 5.18. The summed E-state index contributed by atoms with van der Waals surface area (Å²) in [5.74, 6) is 0. The van der Waals surface area contributed by atoms with E-state index in [1.165, 1.54) is 44.9 Å². The average molecular weight is 213 g/mol. The molecule has 0 spiro atoms. The number of rotatable bonds is 1. The van der Waals surface area contributed by atoms with Gasteiger partial charge in [-0.15, -0.1) is 0 Å². The van der Waals surface area contributed by atoms with E-state index in [1.54, 1.807) is 14.1 Å². The number of amides is 1. The van der Waals surface area contributed by atoms with Gasteiger partial charge in [0.05, 0.1) is 40.0 Å². The molecule has 4 bridgehead atoms. The van der Waals surface area contributed by atoms with Crippen LogP contribution in [0.2, 0.25) is 0 Å². The van der Waals surface area contributed by atoms with Crippen LogP contribution in [0.4, 0.5) is 0 Å². The van der Waals surface area contributed by atoms with E-state index < -0.39 is 0 Å². The minimum atomic E-state index is 0.750. The topological polar surface area (TPSA) is 33.3 Å². The van der Waals surface area contributed by atoms with Crippen molar-refractivity contribution in [2.45, 2.75) is 0 Å². The molecule has 0 radical (unpaired) electrons. The molecule has 15 heavy (non-hydrogen) atoms. The van der Waals surface area contributed by atoms with Crippen LogP contribution < -0.4 is 0 Å². The molecule has 1 amide bonds. The molecule has 4 fully saturated rings. The lowest BCUT2D eigenvalue weighted by atomic mass is 10.4. The molecule has 4 heterocycles. The van der Waals surface area contributed by atoms with E-state index in [0.717, 1.165) is 6.41 Å². The summed E-state index contributed by atoms with van der Waals surface area (Å²) in [4.78, 5) is 20.8. The summed E-state index contributed by atoms with van der Waals surface area (Å²) in [5, 5.41) is 0. The monoisotopic (exact) mass is 213 g/mol. The summed E-state index contributed by atoms with van der Waals surface area (Å²) in [7, 11) is 3.38. The molecule has 0 aliphatic carbocycles. The maximum absolute atomic E-state index is 9.43. The summed E-state index contributed by atoms with van der Waals surface area (Å²) < 4.78 is 0. The van der Waals surface area contributed by atoms with Crippen LogP contribution in [0.3, 0.4) is 0 Å². The van der Waals surface area contributed by atoms with Gasteiger partial charge in [-0.05, 0) is 0 Å². The zero-order valence-corrected chi connectivity index (χ0v) is 9.46. The van der Waals surface area contributed by atoms with E-state index in [0.29, 0.717) is 0 Å².